The van der Waals surface area contributed by atoms with Gasteiger partial charge in [0.1, 0.15) is 57.4 Å². The monoisotopic (exact) mass is 1650 g/mol. The molecular formula is C80H102Cl3N9O20S. The highest BCUT2D eigenvalue weighted by Gasteiger charge is 2.47. The molecule has 4 aromatic rings. The number of carbonyl (C=O) groups excluding carboxylic acids is 12. The van der Waals surface area contributed by atoms with Crippen molar-refractivity contribution >= 4 is 127 Å². The van der Waals surface area contributed by atoms with Gasteiger partial charge in [-0.2, -0.15) is 0 Å². The number of halogens is 3. The Morgan fingerprint density at radius 2 is 1.21 bits per heavy atom. The van der Waals surface area contributed by atoms with Gasteiger partial charge in [0.05, 0.1) is 42.8 Å². The van der Waals surface area contributed by atoms with Crippen molar-refractivity contribution in [1.29, 1.82) is 0 Å². The fraction of sp³-hybridized carbons (Fsp3) is 0.512. The number of amides is 8. The Balaban J connectivity index is 1.37. The molecule has 0 bridgehead atoms. The molecule has 614 valence electrons. The summed E-state index contributed by atoms with van der Waals surface area (Å²) in [6.07, 6.45) is -8.29. The van der Waals surface area contributed by atoms with Crippen molar-refractivity contribution in [2.45, 2.75) is 203 Å². The molecule has 4 aromatic carbocycles. The molecule has 2 fully saturated rings. The Morgan fingerprint density at radius 1 is 0.628 bits per heavy atom. The van der Waals surface area contributed by atoms with Crippen LogP contribution in [0.25, 0.3) is 5.57 Å². The number of aliphatic hydroxyl groups is 4. The van der Waals surface area contributed by atoms with Crippen LogP contribution in [0, 0.1) is 23.7 Å². The molecule has 0 aromatic heterocycles. The van der Waals surface area contributed by atoms with E-state index in [-0.39, 0.29) is 61.5 Å². The summed E-state index contributed by atoms with van der Waals surface area (Å²) in [5, 5.41) is 70.8. The molecule has 2 aliphatic heterocycles. The number of likely N-dealkylation sites (N-methyl/N-ethyl adjacent to an activating group) is 1. The number of nitrogens with zero attached hydrogens (tertiary/aromatic N) is 2. The van der Waals surface area contributed by atoms with Crippen molar-refractivity contribution < 1.29 is 96.3 Å². The molecule has 0 radical (unpaired) electrons. The van der Waals surface area contributed by atoms with E-state index < -0.39 is 239 Å². The summed E-state index contributed by atoms with van der Waals surface area (Å²) in [5.74, 6) is -19.6. The lowest BCUT2D eigenvalue weighted by molar-refractivity contribution is -0.150. The highest BCUT2D eigenvalue weighted by atomic mass is 35.5. The SMILES string of the molecule is CC[C@H](C)[C@@H]1CC(=O)[C@H](CCS(C)(=O)=O)NC(=O)[C@H]([C@@H](C)O)NC(=O)[C@H](CO)NC(=O)C[C@@H](C(=O)N2CCC[C@H]2C(=O)O)CCC(=O)[C@H](Cc2cccc(Cl)c2)CC(=O)[C@](N)([C@@H](C)O)CC(=O)[C@H](Cc2ccc(Cl)cc2)N(C)C(=O)[C@H](Cc2cccc(Cl)c2)NC(=O)[C@H](CC2=CCc3ccccc32)NC(=O)[C@H]([C@@H](C)O)NC1=O. The fourth-order valence-electron chi connectivity index (χ4n) is 14.3. The molecule has 16 atom stereocenters. The van der Waals surface area contributed by atoms with Gasteiger partial charge in [-0.1, -0.05) is 122 Å². The number of fused-ring (bicyclic) bond motifs is 1. The van der Waals surface area contributed by atoms with E-state index in [1.54, 1.807) is 74.5 Å². The van der Waals surface area contributed by atoms with E-state index >= 15 is 28.8 Å². The topological polar surface area (TPSA) is 462 Å². The number of rotatable bonds is 19. The number of sulfone groups is 1. The number of carboxylic acids is 1. The zero-order valence-electron chi connectivity index (χ0n) is 64.1. The zero-order valence-corrected chi connectivity index (χ0v) is 67.2. The van der Waals surface area contributed by atoms with E-state index in [4.69, 9.17) is 40.5 Å². The van der Waals surface area contributed by atoms with Gasteiger partial charge < -0.3 is 73.0 Å². The summed E-state index contributed by atoms with van der Waals surface area (Å²) < 4.78 is 25.5. The molecule has 113 heavy (non-hydrogen) atoms. The van der Waals surface area contributed by atoms with Crippen molar-refractivity contribution in [3.05, 3.63) is 146 Å². The number of likely N-dealkylation sites (tertiary alicyclic amines) is 1. The molecule has 0 saturated carbocycles. The second kappa shape index (κ2) is 41.4. The number of allylic oxidation sites excluding steroid dienone is 1. The number of Topliss-reactive ketones (excluding diaryl/α,β-unsaturated/α-hetero) is 4. The maximum Gasteiger partial charge on any atom is 0.326 e. The van der Waals surface area contributed by atoms with Crippen LogP contribution in [0.15, 0.2) is 103 Å². The summed E-state index contributed by atoms with van der Waals surface area (Å²) >= 11 is 19.3. The largest absolute Gasteiger partial charge is 0.480 e. The second-order valence-corrected chi connectivity index (χ2v) is 33.5. The van der Waals surface area contributed by atoms with E-state index in [0.717, 1.165) is 35.5 Å². The van der Waals surface area contributed by atoms with Crippen LogP contribution >= 0.6 is 34.8 Å². The molecule has 0 unspecified atom stereocenters. The zero-order chi connectivity index (χ0) is 83.5. The molecule has 13 N–H and O–H groups in total. The summed E-state index contributed by atoms with van der Waals surface area (Å²) in [5.41, 5.74) is 7.83. The number of aliphatic hydroxyl groups excluding tert-OH is 4. The van der Waals surface area contributed by atoms with Gasteiger partial charge in [0.2, 0.25) is 47.3 Å². The number of benzene rings is 4. The van der Waals surface area contributed by atoms with Gasteiger partial charge in [-0.3, -0.25) is 57.5 Å². The molecule has 3 aliphatic rings. The van der Waals surface area contributed by atoms with Crippen LogP contribution < -0.4 is 37.6 Å². The van der Waals surface area contributed by atoms with Gasteiger partial charge in [-0.15, -0.1) is 0 Å². The molecule has 33 heteroatoms. The number of carboxylic acid groups (broad SMARTS) is 1. The number of ketones is 4. The van der Waals surface area contributed by atoms with Gasteiger partial charge in [-0.05, 0) is 141 Å². The third-order valence-corrected chi connectivity index (χ3v) is 23.0. The first kappa shape index (κ1) is 91.3. The van der Waals surface area contributed by atoms with Gasteiger partial charge >= 0.3 is 5.97 Å². The standard InChI is InChI=1S/C80H102Cl3N9O20S/c1-8-43(2)58-40-66(98)59(29-31-113(7,111)112)86-75(105)71(45(4)95)90-74(104)62(42-93)85-69(101)39-52(77(107)92-30-13-20-63(92)79(109)110)25-28-65(97)53(32-48-14-11-17-55(82)33-48)38-68(100)80(84,46(5)96)41-67(99)64(36-47-21-26-54(81)27-22-47)91(6)78(108)61(35-49-15-12-18-56(83)34-49)88-73(103)60(87-76(106)70(44(3)94)89-72(58)102)37-51-24-23-50-16-9-10-19-57(50)51/h9-12,14-19,21-22,24,26-27,33-34,43-46,52-53,58-64,70-71,93-96H,8,13,20,23,25,28-32,35-42,84H2,1-7H3,(H,85,101)(H,86,105)(H,87,106)(H,88,103)(H,89,102)(H,90,104)(H,109,110)/t43-,44+,45+,46+,52-,53+,58-,59-,60-,61-,62-,63-,64-,70-,71-,80+/m0/s1. The van der Waals surface area contributed by atoms with Gasteiger partial charge in [0.15, 0.2) is 17.3 Å². The number of carbonyl (C=O) groups is 13. The minimum atomic E-state index is -3.93. The highest BCUT2D eigenvalue weighted by Crippen LogP contribution is 2.33. The molecule has 8 amide bonds. The Bertz CT molecular complexity index is 4320. The van der Waals surface area contributed by atoms with E-state index in [1.807, 2.05) is 18.2 Å². The number of nitrogens with two attached hydrogens (primary N) is 1. The third-order valence-electron chi connectivity index (χ3n) is 21.3. The Labute approximate surface area is 671 Å². The molecule has 7 rings (SSSR count). The van der Waals surface area contributed by atoms with Crippen LogP contribution in [0.2, 0.25) is 15.1 Å². The summed E-state index contributed by atoms with van der Waals surface area (Å²) in [4.78, 5) is 194. The van der Waals surface area contributed by atoms with Gasteiger partial charge in [0.25, 0.3) is 0 Å². The first-order valence-corrected chi connectivity index (χ1v) is 40.8. The van der Waals surface area contributed by atoms with Gasteiger partial charge in [0, 0.05) is 97.6 Å². The predicted octanol–water partition coefficient (Wildman–Crippen LogP) is 3.31. The first-order chi connectivity index (χ1) is 53.2. The average molecular weight is 1650 g/mol. The third kappa shape index (κ3) is 25.6. The smallest absolute Gasteiger partial charge is 0.326 e. The summed E-state index contributed by atoms with van der Waals surface area (Å²) in [6.45, 7) is 5.33. The van der Waals surface area contributed by atoms with Crippen LogP contribution in [0.4, 0.5) is 0 Å². The molecule has 2 saturated heterocycles. The molecular weight excluding hydrogens is 1550 g/mol. The first-order valence-electron chi connectivity index (χ1n) is 37.6. The van der Waals surface area contributed by atoms with Crippen molar-refractivity contribution in [3.8, 4) is 0 Å². The number of hydrogen-bond acceptors (Lipinski definition) is 20. The summed E-state index contributed by atoms with van der Waals surface area (Å²) in [6, 6.07) is 12.0. The minimum Gasteiger partial charge on any atom is -0.480 e. The molecule has 2 heterocycles. The predicted molar refractivity (Wildman–Crippen MR) is 420 cm³/mol. The minimum absolute atomic E-state index is 0.0155. The maximum atomic E-state index is 15.8. The quantitative estimate of drug-likeness (QED) is 0.0640. The Kier molecular flexibility index (Phi) is 33.5. The van der Waals surface area contributed by atoms with Crippen LogP contribution in [-0.4, -0.2) is 225 Å². The number of nitrogens with one attached hydrogen (secondary N) is 6. The van der Waals surface area contributed by atoms with Crippen LogP contribution in [-0.2, 0) is 97.8 Å². The average Bonchev–Trinajstić information content (AvgIpc) is 1.73. The van der Waals surface area contributed by atoms with Crippen LogP contribution in [0.1, 0.15) is 133 Å². The van der Waals surface area contributed by atoms with Crippen molar-refractivity contribution in [2.75, 3.05) is 32.2 Å². The molecule has 0 spiro atoms. The molecule has 29 nitrogen and oxygen atoms in total. The van der Waals surface area contributed by atoms with Crippen molar-refractivity contribution in [3.63, 3.8) is 0 Å². The van der Waals surface area contributed by atoms with Crippen LogP contribution in [0.3, 0.4) is 0 Å². The Morgan fingerprint density at radius 3 is 1.79 bits per heavy atom. The lowest BCUT2D eigenvalue weighted by Crippen LogP contribution is -2.61. The number of aliphatic carboxylic acids is 1. The second-order valence-electron chi connectivity index (χ2n) is 29.9. The Hall–Kier alpha value is -8.85. The summed E-state index contributed by atoms with van der Waals surface area (Å²) in [7, 11) is -2.66. The van der Waals surface area contributed by atoms with Crippen molar-refractivity contribution in [1.82, 2.24) is 41.7 Å². The number of hydrogen-bond donors (Lipinski definition) is 12. The van der Waals surface area contributed by atoms with E-state index in [9.17, 15) is 67.5 Å². The highest BCUT2D eigenvalue weighted by molar-refractivity contribution is 7.90. The van der Waals surface area contributed by atoms with Crippen molar-refractivity contribution in [2.24, 2.45) is 29.4 Å². The van der Waals surface area contributed by atoms with Crippen LogP contribution in [0.5, 0.6) is 0 Å². The van der Waals surface area contributed by atoms with Gasteiger partial charge in [-0.25, -0.2) is 13.2 Å². The van der Waals surface area contributed by atoms with E-state index in [0.29, 0.717) is 39.3 Å². The lowest BCUT2D eigenvalue weighted by atomic mass is 9.76. The van der Waals surface area contributed by atoms with E-state index in [1.165, 1.54) is 38.2 Å². The fourth-order valence-corrected chi connectivity index (χ4v) is 15.5. The maximum absolute atomic E-state index is 15.8. The molecule has 1 aliphatic carbocycles. The normalized spacial score (nSPS) is 26.4. The van der Waals surface area contributed by atoms with E-state index in [2.05, 4.69) is 31.9 Å². The lowest BCUT2D eigenvalue weighted by Gasteiger charge is -2.36.